The predicted octanol–water partition coefficient (Wildman–Crippen LogP) is 4.81. The van der Waals surface area contributed by atoms with Crippen molar-refractivity contribution in [2.45, 2.75) is 58.7 Å². The second kappa shape index (κ2) is 8.09. The van der Waals surface area contributed by atoms with Crippen molar-refractivity contribution in [3.8, 4) is 0 Å². The lowest BCUT2D eigenvalue weighted by Crippen LogP contribution is -2.51. The molecular formula is C20H30BrNO3. The van der Waals surface area contributed by atoms with E-state index in [2.05, 4.69) is 41.9 Å². The molecule has 2 rings (SSSR count). The smallest absolute Gasteiger partial charge is 0.410 e. The van der Waals surface area contributed by atoms with Gasteiger partial charge in [0.2, 0.25) is 0 Å². The average Bonchev–Trinajstić information content (AvgIpc) is 2.46. The molecule has 3 atom stereocenters. The Balaban J connectivity index is 2.21. The second-order valence-corrected chi connectivity index (χ2v) is 9.34. The molecule has 1 fully saturated rings. The molecule has 3 unspecified atom stereocenters. The maximum atomic E-state index is 12.5. The summed E-state index contributed by atoms with van der Waals surface area (Å²) in [4.78, 5) is 14.1. The van der Waals surface area contributed by atoms with Gasteiger partial charge in [-0.25, -0.2) is 4.79 Å². The summed E-state index contributed by atoms with van der Waals surface area (Å²) in [5, 5.41) is 10.8. The van der Waals surface area contributed by atoms with Gasteiger partial charge in [-0.3, -0.25) is 0 Å². The summed E-state index contributed by atoms with van der Waals surface area (Å²) >= 11 is 3.46. The summed E-state index contributed by atoms with van der Waals surface area (Å²) in [6.45, 7) is 10.9. The maximum Gasteiger partial charge on any atom is 0.410 e. The van der Waals surface area contributed by atoms with Gasteiger partial charge in [0.05, 0.1) is 12.6 Å². The number of carbonyl (C=O) groups excluding carboxylic acids is 1. The van der Waals surface area contributed by atoms with Crippen LogP contribution in [0.1, 0.15) is 52.5 Å². The largest absolute Gasteiger partial charge is 0.444 e. The van der Waals surface area contributed by atoms with Crippen LogP contribution in [-0.2, 0) is 4.74 Å². The number of hydrogen-bond donors (Lipinski definition) is 1. The van der Waals surface area contributed by atoms with Crippen LogP contribution in [0.5, 0.6) is 0 Å². The molecule has 4 nitrogen and oxygen atoms in total. The minimum absolute atomic E-state index is 0.0363. The zero-order valence-electron chi connectivity index (χ0n) is 15.8. The molecule has 0 aliphatic carbocycles. The molecule has 1 aromatic rings. The van der Waals surface area contributed by atoms with Crippen molar-refractivity contribution in [1.29, 1.82) is 0 Å². The number of hydrogen-bond acceptors (Lipinski definition) is 3. The Labute approximate surface area is 159 Å². The summed E-state index contributed by atoms with van der Waals surface area (Å²) in [6, 6.07) is 8.15. The molecule has 1 saturated heterocycles. The number of aliphatic hydroxyl groups excluding tert-OH is 1. The van der Waals surface area contributed by atoms with Crippen molar-refractivity contribution in [3.05, 3.63) is 34.3 Å². The first kappa shape index (κ1) is 20.2. The van der Waals surface area contributed by atoms with Gasteiger partial charge in [-0.15, -0.1) is 0 Å². The van der Waals surface area contributed by atoms with E-state index in [0.717, 1.165) is 16.5 Å². The third-order valence-electron chi connectivity index (χ3n) is 4.47. The van der Waals surface area contributed by atoms with Gasteiger partial charge >= 0.3 is 6.09 Å². The van der Waals surface area contributed by atoms with Crippen molar-refractivity contribution in [2.24, 2.45) is 11.8 Å². The second-order valence-electron chi connectivity index (χ2n) is 8.42. The molecule has 25 heavy (non-hydrogen) atoms. The highest BCUT2D eigenvalue weighted by Crippen LogP contribution is 2.37. The van der Waals surface area contributed by atoms with Crippen LogP contribution < -0.4 is 0 Å². The van der Waals surface area contributed by atoms with Crippen LogP contribution in [-0.4, -0.2) is 40.9 Å². The third-order valence-corrected chi connectivity index (χ3v) is 4.99. The minimum atomic E-state index is -0.591. The topological polar surface area (TPSA) is 49.8 Å². The van der Waals surface area contributed by atoms with Crippen LogP contribution in [0.4, 0.5) is 4.79 Å². The molecule has 0 radical (unpaired) electrons. The fourth-order valence-electron chi connectivity index (χ4n) is 3.61. The number of piperidine rings is 1. The van der Waals surface area contributed by atoms with Gasteiger partial charge in [-0.1, -0.05) is 41.9 Å². The Morgan fingerprint density at radius 1 is 1.28 bits per heavy atom. The molecule has 1 aromatic carbocycles. The Hall–Kier alpha value is -1.07. The number of rotatable bonds is 3. The zero-order chi connectivity index (χ0) is 18.8. The first-order chi connectivity index (χ1) is 11.6. The SMILES string of the molecule is CC(C)CC1CN(C(=O)OC(C)(C)C)CC(O)C1c1ccc(Br)cc1. The third kappa shape index (κ3) is 5.71. The molecule has 1 aliphatic rings. The Morgan fingerprint density at radius 3 is 2.40 bits per heavy atom. The predicted molar refractivity (Wildman–Crippen MR) is 104 cm³/mol. The van der Waals surface area contributed by atoms with E-state index in [9.17, 15) is 9.90 Å². The van der Waals surface area contributed by atoms with E-state index >= 15 is 0 Å². The number of nitrogens with zero attached hydrogens (tertiary/aromatic N) is 1. The van der Waals surface area contributed by atoms with Crippen LogP contribution >= 0.6 is 15.9 Å². The Kier molecular flexibility index (Phi) is 6.55. The Bertz CT molecular complexity index is 580. The first-order valence-electron chi connectivity index (χ1n) is 8.98. The van der Waals surface area contributed by atoms with E-state index in [1.54, 1.807) is 4.90 Å². The first-order valence-corrected chi connectivity index (χ1v) is 9.77. The van der Waals surface area contributed by atoms with Crippen molar-refractivity contribution < 1.29 is 14.6 Å². The van der Waals surface area contributed by atoms with Crippen molar-refractivity contribution in [2.75, 3.05) is 13.1 Å². The summed E-state index contributed by atoms with van der Waals surface area (Å²) < 4.78 is 6.53. The molecule has 5 heteroatoms. The summed E-state index contributed by atoms with van der Waals surface area (Å²) in [6.07, 6.45) is 0.0256. The van der Waals surface area contributed by atoms with E-state index in [4.69, 9.17) is 4.74 Å². The fraction of sp³-hybridized carbons (Fsp3) is 0.650. The molecule has 140 valence electrons. The number of amides is 1. The number of benzene rings is 1. The van der Waals surface area contributed by atoms with Gasteiger partial charge in [-0.05, 0) is 56.7 Å². The lowest BCUT2D eigenvalue weighted by atomic mass is 9.75. The molecule has 0 saturated carbocycles. The molecule has 1 N–H and O–H groups in total. The van der Waals surface area contributed by atoms with E-state index in [-0.39, 0.29) is 17.9 Å². The highest BCUT2D eigenvalue weighted by atomic mass is 79.9. The van der Waals surface area contributed by atoms with E-state index in [0.29, 0.717) is 19.0 Å². The molecule has 0 bridgehead atoms. The molecule has 0 spiro atoms. The minimum Gasteiger partial charge on any atom is -0.444 e. The number of halogens is 1. The number of ether oxygens (including phenoxy) is 1. The molecule has 1 aliphatic heterocycles. The monoisotopic (exact) mass is 411 g/mol. The number of aliphatic hydroxyl groups is 1. The van der Waals surface area contributed by atoms with Gasteiger partial charge in [0.15, 0.2) is 0 Å². The zero-order valence-corrected chi connectivity index (χ0v) is 17.4. The van der Waals surface area contributed by atoms with Gasteiger partial charge < -0.3 is 14.7 Å². The van der Waals surface area contributed by atoms with Crippen LogP contribution in [0, 0.1) is 11.8 Å². The quantitative estimate of drug-likeness (QED) is 0.776. The van der Waals surface area contributed by atoms with Gasteiger partial charge in [0, 0.05) is 16.9 Å². The summed E-state index contributed by atoms with van der Waals surface area (Å²) in [7, 11) is 0. The van der Waals surface area contributed by atoms with Gasteiger partial charge in [0.25, 0.3) is 0 Å². The van der Waals surface area contributed by atoms with Crippen molar-refractivity contribution in [3.63, 3.8) is 0 Å². The van der Waals surface area contributed by atoms with Crippen molar-refractivity contribution >= 4 is 22.0 Å². The standard InChI is InChI=1S/C20H30BrNO3/c1-13(2)10-15-11-22(19(24)25-20(3,4)5)12-17(23)18(15)14-6-8-16(21)9-7-14/h6-9,13,15,17-18,23H,10-12H2,1-5H3. The lowest BCUT2D eigenvalue weighted by Gasteiger charge is -2.43. The summed E-state index contributed by atoms with van der Waals surface area (Å²) in [5.41, 5.74) is 0.600. The van der Waals surface area contributed by atoms with Crippen molar-refractivity contribution in [1.82, 2.24) is 4.90 Å². The molecule has 1 amide bonds. The lowest BCUT2D eigenvalue weighted by molar-refractivity contribution is -0.0190. The normalized spacial score (nSPS) is 24.5. The van der Waals surface area contributed by atoms with Crippen LogP contribution in [0.3, 0.4) is 0 Å². The highest BCUT2D eigenvalue weighted by molar-refractivity contribution is 9.10. The Morgan fingerprint density at radius 2 is 1.88 bits per heavy atom. The van der Waals surface area contributed by atoms with Crippen LogP contribution in [0.2, 0.25) is 0 Å². The molecule has 0 aromatic heterocycles. The highest BCUT2D eigenvalue weighted by Gasteiger charge is 2.39. The maximum absolute atomic E-state index is 12.5. The number of carbonyl (C=O) groups is 1. The fourth-order valence-corrected chi connectivity index (χ4v) is 3.87. The number of β-amino-alcohol motifs (C(OH)–C–C–N with tert-alkyl or cyclic N) is 1. The average molecular weight is 412 g/mol. The van der Waals surface area contributed by atoms with E-state index < -0.39 is 11.7 Å². The van der Waals surface area contributed by atoms with Gasteiger partial charge in [-0.2, -0.15) is 0 Å². The molecule has 1 heterocycles. The van der Waals surface area contributed by atoms with Gasteiger partial charge in [0.1, 0.15) is 5.60 Å². The van der Waals surface area contributed by atoms with E-state index in [1.807, 2.05) is 32.9 Å². The van der Waals surface area contributed by atoms with Crippen LogP contribution in [0.25, 0.3) is 0 Å². The van der Waals surface area contributed by atoms with E-state index in [1.165, 1.54) is 0 Å². The molecular weight excluding hydrogens is 382 g/mol. The summed E-state index contributed by atoms with van der Waals surface area (Å²) in [5.74, 6) is 0.736. The van der Waals surface area contributed by atoms with Crippen LogP contribution in [0.15, 0.2) is 28.7 Å². The number of likely N-dealkylation sites (tertiary alicyclic amines) is 1.